The van der Waals surface area contributed by atoms with Gasteiger partial charge in [-0.3, -0.25) is 14.7 Å². The fourth-order valence-corrected chi connectivity index (χ4v) is 3.31. The number of aryl methyl sites for hydroxylation is 1. The van der Waals surface area contributed by atoms with Gasteiger partial charge in [0.15, 0.2) is 0 Å². The second-order valence-electron chi connectivity index (χ2n) is 4.57. The highest BCUT2D eigenvalue weighted by Crippen LogP contribution is 2.20. The number of hydrogen-bond donors (Lipinski definition) is 1. The lowest BCUT2D eigenvalue weighted by Crippen LogP contribution is -2.43. The van der Waals surface area contributed by atoms with E-state index in [0.717, 1.165) is 36.0 Å². The molecule has 0 saturated carbocycles. The Kier molecular flexibility index (Phi) is 4.60. The molecule has 0 amide bonds. The Hall–Kier alpha value is -1.07. The highest BCUT2D eigenvalue weighted by atomic mass is 32.2. The number of thioether (sulfide) groups is 1. The molecule has 2 heterocycles. The van der Waals surface area contributed by atoms with E-state index in [2.05, 4.69) is 9.88 Å². The zero-order valence-corrected chi connectivity index (χ0v) is 11.3. The number of nitrogens with zero attached hydrogens (tertiary/aromatic N) is 2. The lowest BCUT2D eigenvalue weighted by Gasteiger charge is -2.34. The van der Waals surface area contributed by atoms with E-state index in [-0.39, 0.29) is 12.5 Å². The predicted molar refractivity (Wildman–Crippen MR) is 72.7 cm³/mol. The van der Waals surface area contributed by atoms with Gasteiger partial charge in [-0.15, -0.1) is 0 Å². The lowest BCUT2D eigenvalue weighted by atomic mass is 10.2. The van der Waals surface area contributed by atoms with Crippen molar-refractivity contribution in [3.8, 4) is 0 Å². The Bertz CT molecular complexity index is 425. The largest absolute Gasteiger partial charge is 0.481 e. The maximum Gasteiger partial charge on any atom is 0.304 e. The third kappa shape index (κ3) is 3.71. The van der Waals surface area contributed by atoms with E-state index >= 15 is 0 Å². The quantitative estimate of drug-likeness (QED) is 0.900. The maximum atomic E-state index is 10.9. The summed E-state index contributed by atoms with van der Waals surface area (Å²) >= 11 is 1.84. The molecular weight excluding hydrogens is 248 g/mol. The third-order valence-corrected chi connectivity index (χ3v) is 4.16. The van der Waals surface area contributed by atoms with Crippen LogP contribution in [0.25, 0.3) is 0 Å². The van der Waals surface area contributed by atoms with Gasteiger partial charge in [0.1, 0.15) is 0 Å². The average Bonchev–Trinajstić information content (AvgIpc) is 2.31. The summed E-state index contributed by atoms with van der Waals surface area (Å²) in [7, 11) is 0. The van der Waals surface area contributed by atoms with E-state index in [1.165, 1.54) is 0 Å². The monoisotopic (exact) mass is 266 g/mol. The first-order valence-electron chi connectivity index (χ1n) is 6.11. The van der Waals surface area contributed by atoms with E-state index < -0.39 is 5.97 Å². The second kappa shape index (κ2) is 6.20. The zero-order chi connectivity index (χ0) is 13.0. The molecule has 18 heavy (non-hydrogen) atoms. The summed E-state index contributed by atoms with van der Waals surface area (Å²) in [6.07, 6.45) is 0.221. The molecule has 4 nitrogen and oxygen atoms in total. The van der Waals surface area contributed by atoms with Gasteiger partial charge in [-0.1, -0.05) is 6.07 Å². The predicted octanol–water partition coefficient (Wildman–Crippen LogP) is 1.78. The molecule has 5 heteroatoms. The maximum absolute atomic E-state index is 10.9. The summed E-state index contributed by atoms with van der Waals surface area (Å²) in [4.78, 5) is 17.6. The van der Waals surface area contributed by atoms with Crippen LogP contribution in [0.5, 0.6) is 0 Å². The molecule has 1 aromatic rings. The fourth-order valence-electron chi connectivity index (χ4n) is 2.18. The third-order valence-electron chi connectivity index (χ3n) is 3.07. The average molecular weight is 266 g/mol. The Morgan fingerprint density at radius 2 is 2.44 bits per heavy atom. The summed E-state index contributed by atoms with van der Waals surface area (Å²) in [6, 6.07) is 6.11. The number of carbonyl (C=O) groups is 1. The molecule has 1 unspecified atom stereocenters. The fraction of sp³-hybridized carbons (Fsp3) is 0.538. The van der Waals surface area contributed by atoms with Crippen molar-refractivity contribution in [1.82, 2.24) is 9.88 Å². The molecule has 1 aliphatic rings. The van der Waals surface area contributed by atoms with Crippen LogP contribution in [0.4, 0.5) is 0 Å². The number of hydrogen-bond acceptors (Lipinski definition) is 4. The summed E-state index contributed by atoms with van der Waals surface area (Å²) in [5.74, 6) is 1.25. The van der Waals surface area contributed by atoms with Gasteiger partial charge in [-0.05, 0) is 19.1 Å². The topological polar surface area (TPSA) is 53.4 Å². The van der Waals surface area contributed by atoms with Crippen molar-refractivity contribution in [2.45, 2.75) is 25.9 Å². The van der Waals surface area contributed by atoms with Crippen LogP contribution in [-0.4, -0.2) is 45.1 Å². The molecule has 1 fully saturated rings. The number of pyridine rings is 1. The first-order valence-corrected chi connectivity index (χ1v) is 7.27. The van der Waals surface area contributed by atoms with Crippen molar-refractivity contribution in [2.24, 2.45) is 0 Å². The first-order chi connectivity index (χ1) is 8.65. The number of aromatic nitrogens is 1. The summed E-state index contributed by atoms with van der Waals surface area (Å²) in [6.45, 7) is 3.67. The molecule has 2 rings (SSSR count). The van der Waals surface area contributed by atoms with Crippen LogP contribution < -0.4 is 0 Å². The van der Waals surface area contributed by atoms with E-state index in [9.17, 15) is 4.79 Å². The molecule has 1 aromatic heterocycles. The van der Waals surface area contributed by atoms with Gasteiger partial charge in [-0.25, -0.2) is 0 Å². The minimum atomic E-state index is -0.718. The Morgan fingerprint density at radius 1 is 1.61 bits per heavy atom. The lowest BCUT2D eigenvalue weighted by molar-refractivity contribution is -0.138. The van der Waals surface area contributed by atoms with Gasteiger partial charge >= 0.3 is 5.97 Å². The normalized spacial score (nSPS) is 20.8. The zero-order valence-electron chi connectivity index (χ0n) is 10.5. The van der Waals surface area contributed by atoms with Crippen LogP contribution in [0.3, 0.4) is 0 Å². The van der Waals surface area contributed by atoms with Crippen molar-refractivity contribution in [2.75, 3.05) is 18.1 Å². The van der Waals surface area contributed by atoms with Crippen molar-refractivity contribution < 1.29 is 9.90 Å². The van der Waals surface area contributed by atoms with Gasteiger partial charge < -0.3 is 5.11 Å². The van der Waals surface area contributed by atoms with E-state index in [1.54, 1.807) is 0 Å². The Labute approximate surface area is 111 Å². The molecule has 1 atom stereocenters. The molecular formula is C13H18N2O2S. The summed E-state index contributed by atoms with van der Waals surface area (Å²) in [5, 5.41) is 8.94. The van der Waals surface area contributed by atoms with Crippen LogP contribution in [0.1, 0.15) is 17.8 Å². The second-order valence-corrected chi connectivity index (χ2v) is 5.72. The smallest absolute Gasteiger partial charge is 0.304 e. The molecule has 0 aliphatic carbocycles. The standard InChI is InChI=1S/C13H18N2O2S/c1-10-3-2-4-11(14-10)8-15-5-6-18-9-12(15)7-13(16)17/h2-4,12H,5-9H2,1H3,(H,16,17). The SMILES string of the molecule is Cc1cccc(CN2CCSCC2CC(=O)O)n1. The van der Waals surface area contributed by atoms with Gasteiger partial charge in [0, 0.05) is 36.3 Å². The molecule has 1 aliphatic heterocycles. The van der Waals surface area contributed by atoms with Gasteiger partial charge in [0.25, 0.3) is 0 Å². The Morgan fingerprint density at radius 3 is 3.17 bits per heavy atom. The molecule has 98 valence electrons. The first kappa shape index (κ1) is 13.4. The van der Waals surface area contributed by atoms with Crippen molar-refractivity contribution >= 4 is 17.7 Å². The van der Waals surface area contributed by atoms with E-state index in [1.807, 2.05) is 36.9 Å². The van der Waals surface area contributed by atoms with Crippen LogP contribution in [-0.2, 0) is 11.3 Å². The summed E-state index contributed by atoms with van der Waals surface area (Å²) in [5.41, 5.74) is 2.03. The molecule has 0 spiro atoms. The highest BCUT2D eigenvalue weighted by molar-refractivity contribution is 7.99. The highest BCUT2D eigenvalue weighted by Gasteiger charge is 2.25. The number of rotatable bonds is 4. The van der Waals surface area contributed by atoms with Gasteiger partial charge in [-0.2, -0.15) is 11.8 Å². The van der Waals surface area contributed by atoms with Crippen molar-refractivity contribution in [3.05, 3.63) is 29.6 Å². The van der Waals surface area contributed by atoms with Crippen LogP contribution in [0.2, 0.25) is 0 Å². The van der Waals surface area contributed by atoms with E-state index in [0.29, 0.717) is 0 Å². The van der Waals surface area contributed by atoms with E-state index in [4.69, 9.17) is 5.11 Å². The minimum Gasteiger partial charge on any atom is -0.481 e. The Balaban J connectivity index is 2.03. The van der Waals surface area contributed by atoms with Gasteiger partial charge in [0.05, 0.1) is 12.1 Å². The van der Waals surface area contributed by atoms with Crippen molar-refractivity contribution in [1.29, 1.82) is 0 Å². The minimum absolute atomic E-state index is 0.128. The van der Waals surface area contributed by atoms with Crippen LogP contribution in [0, 0.1) is 6.92 Å². The molecule has 0 bridgehead atoms. The summed E-state index contributed by atoms with van der Waals surface area (Å²) < 4.78 is 0. The molecule has 1 N–H and O–H groups in total. The number of aliphatic carboxylic acids is 1. The molecule has 1 saturated heterocycles. The number of carboxylic acids is 1. The number of carboxylic acid groups (broad SMARTS) is 1. The van der Waals surface area contributed by atoms with Gasteiger partial charge in [0.2, 0.25) is 0 Å². The van der Waals surface area contributed by atoms with Crippen LogP contribution in [0.15, 0.2) is 18.2 Å². The molecule has 0 aromatic carbocycles. The van der Waals surface area contributed by atoms with Crippen LogP contribution >= 0.6 is 11.8 Å². The molecule has 0 radical (unpaired) electrons. The van der Waals surface area contributed by atoms with Crippen molar-refractivity contribution in [3.63, 3.8) is 0 Å².